The molecule has 1 aromatic heterocycles. The molecule has 1 aliphatic rings. The zero-order chi connectivity index (χ0) is 13.9. The molecule has 0 radical (unpaired) electrons. The van der Waals surface area contributed by atoms with Crippen molar-refractivity contribution < 1.29 is 8.91 Å². The van der Waals surface area contributed by atoms with E-state index < -0.39 is 0 Å². The van der Waals surface area contributed by atoms with Crippen molar-refractivity contribution in [3.63, 3.8) is 0 Å². The maximum Gasteiger partial charge on any atom is 0.257 e. The zero-order valence-corrected chi connectivity index (χ0v) is 11.3. The number of nitrogens with one attached hydrogen (secondary N) is 1. The quantitative estimate of drug-likeness (QED) is 0.920. The van der Waals surface area contributed by atoms with Crippen molar-refractivity contribution in [1.29, 1.82) is 0 Å². The van der Waals surface area contributed by atoms with E-state index in [4.69, 9.17) is 4.52 Å². The first-order chi connectivity index (χ1) is 9.72. The molecular formula is C14H17FN4O. The fraction of sp³-hybridized carbons (Fsp3) is 0.429. The Labute approximate surface area is 116 Å². The van der Waals surface area contributed by atoms with E-state index in [1.807, 2.05) is 0 Å². The molecule has 6 heteroatoms. The van der Waals surface area contributed by atoms with Gasteiger partial charge in [0.2, 0.25) is 0 Å². The summed E-state index contributed by atoms with van der Waals surface area (Å²) in [6.45, 7) is 2.71. The van der Waals surface area contributed by atoms with Crippen molar-refractivity contribution in [2.75, 3.05) is 20.1 Å². The van der Waals surface area contributed by atoms with Crippen LogP contribution >= 0.6 is 0 Å². The van der Waals surface area contributed by atoms with Gasteiger partial charge in [-0.15, -0.1) is 0 Å². The lowest BCUT2D eigenvalue weighted by atomic mass is 10.2. The molecule has 1 N–H and O–H groups in total. The second kappa shape index (κ2) is 5.68. The molecule has 1 saturated heterocycles. The van der Waals surface area contributed by atoms with E-state index in [9.17, 15) is 4.39 Å². The first-order valence-electron chi connectivity index (χ1n) is 6.72. The molecule has 1 aromatic carbocycles. The van der Waals surface area contributed by atoms with Gasteiger partial charge in [0.15, 0.2) is 5.82 Å². The molecule has 5 nitrogen and oxygen atoms in total. The number of hydrogen-bond donors (Lipinski definition) is 1. The van der Waals surface area contributed by atoms with Crippen molar-refractivity contribution in [1.82, 2.24) is 20.4 Å². The Bertz CT molecular complexity index is 563. The van der Waals surface area contributed by atoms with Gasteiger partial charge in [-0.05, 0) is 44.3 Å². The second-order valence-electron chi connectivity index (χ2n) is 5.08. The number of nitrogens with zero attached hydrogens (tertiary/aromatic N) is 3. The van der Waals surface area contributed by atoms with Crippen LogP contribution in [0.4, 0.5) is 4.39 Å². The third-order valence-electron chi connectivity index (χ3n) is 3.61. The molecule has 1 unspecified atom stereocenters. The van der Waals surface area contributed by atoms with Crippen LogP contribution in [-0.4, -0.2) is 41.2 Å². The van der Waals surface area contributed by atoms with Crippen molar-refractivity contribution in [2.24, 2.45) is 0 Å². The molecule has 0 spiro atoms. The topological polar surface area (TPSA) is 54.2 Å². The average molecular weight is 276 g/mol. The molecular weight excluding hydrogens is 259 g/mol. The van der Waals surface area contributed by atoms with Crippen LogP contribution in [0.25, 0.3) is 11.5 Å². The van der Waals surface area contributed by atoms with Crippen molar-refractivity contribution >= 4 is 0 Å². The number of hydrogen-bond acceptors (Lipinski definition) is 5. The van der Waals surface area contributed by atoms with Gasteiger partial charge >= 0.3 is 0 Å². The van der Waals surface area contributed by atoms with Crippen LogP contribution in [0, 0.1) is 5.82 Å². The Hall–Kier alpha value is -1.79. The lowest BCUT2D eigenvalue weighted by molar-refractivity contribution is 0.239. The second-order valence-corrected chi connectivity index (χ2v) is 5.08. The Morgan fingerprint density at radius 1 is 1.40 bits per heavy atom. The molecule has 3 rings (SSSR count). The van der Waals surface area contributed by atoms with E-state index in [1.165, 1.54) is 12.1 Å². The minimum atomic E-state index is -0.276. The van der Waals surface area contributed by atoms with Crippen LogP contribution < -0.4 is 5.32 Å². The SMILES string of the molecule is CN(Cc1noc(-c2ccc(F)cc2)n1)C1CCNC1. The monoisotopic (exact) mass is 276 g/mol. The Morgan fingerprint density at radius 2 is 2.20 bits per heavy atom. The maximum absolute atomic E-state index is 12.9. The predicted molar refractivity (Wildman–Crippen MR) is 72.4 cm³/mol. The van der Waals surface area contributed by atoms with Gasteiger partial charge in [0.1, 0.15) is 5.82 Å². The average Bonchev–Trinajstić information content (AvgIpc) is 3.10. The summed E-state index contributed by atoms with van der Waals surface area (Å²) in [7, 11) is 2.06. The van der Waals surface area contributed by atoms with Crippen LogP contribution in [-0.2, 0) is 6.54 Å². The zero-order valence-electron chi connectivity index (χ0n) is 11.3. The minimum absolute atomic E-state index is 0.276. The summed E-state index contributed by atoms with van der Waals surface area (Å²) in [6, 6.07) is 6.56. The van der Waals surface area contributed by atoms with E-state index in [0.717, 1.165) is 25.1 Å². The van der Waals surface area contributed by atoms with Gasteiger partial charge in [-0.3, -0.25) is 4.90 Å². The van der Waals surface area contributed by atoms with Gasteiger partial charge in [-0.25, -0.2) is 4.39 Å². The fourth-order valence-corrected chi connectivity index (χ4v) is 2.40. The number of halogens is 1. The first kappa shape index (κ1) is 13.2. The van der Waals surface area contributed by atoms with Crippen LogP contribution in [0.1, 0.15) is 12.2 Å². The molecule has 20 heavy (non-hydrogen) atoms. The molecule has 2 heterocycles. The van der Waals surface area contributed by atoms with E-state index >= 15 is 0 Å². The number of benzene rings is 1. The molecule has 0 saturated carbocycles. The molecule has 1 fully saturated rings. The van der Waals surface area contributed by atoms with Gasteiger partial charge in [-0.2, -0.15) is 4.98 Å². The first-order valence-corrected chi connectivity index (χ1v) is 6.72. The summed E-state index contributed by atoms with van der Waals surface area (Å²) in [4.78, 5) is 6.58. The van der Waals surface area contributed by atoms with Crippen molar-refractivity contribution in [3.05, 3.63) is 35.9 Å². The molecule has 2 aromatic rings. The van der Waals surface area contributed by atoms with Crippen LogP contribution in [0.3, 0.4) is 0 Å². The maximum atomic E-state index is 12.9. The highest BCUT2D eigenvalue weighted by molar-refractivity contribution is 5.52. The number of rotatable bonds is 4. The van der Waals surface area contributed by atoms with E-state index in [0.29, 0.717) is 24.3 Å². The number of aromatic nitrogens is 2. The summed E-state index contributed by atoms with van der Waals surface area (Å²) in [5.41, 5.74) is 0.732. The molecule has 0 bridgehead atoms. The third kappa shape index (κ3) is 2.86. The van der Waals surface area contributed by atoms with Crippen LogP contribution in [0.5, 0.6) is 0 Å². The van der Waals surface area contributed by atoms with Gasteiger partial charge in [-0.1, -0.05) is 5.16 Å². The number of likely N-dealkylation sites (N-methyl/N-ethyl adjacent to an activating group) is 1. The normalized spacial score (nSPS) is 18.9. The lowest BCUT2D eigenvalue weighted by Gasteiger charge is -2.21. The fourth-order valence-electron chi connectivity index (χ4n) is 2.40. The minimum Gasteiger partial charge on any atom is -0.334 e. The van der Waals surface area contributed by atoms with Gasteiger partial charge in [0.05, 0.1) is 6.54 Å². The summed E-state index contributed by atoms with van der Waals surface area (Å²) in [6.07, 6.45) is 1.14. The molecule has 106 valence electrons. The highest BCUT2D eigenvalue weighted by atomic mass is 19.1. The third-order valence-corrected chi connectivity index (χ3v) is 3.61. The van der Waals surface area contributed by atoms with E-state index in [1.54, 1.807) is 12.1 Å². The summed E-state index contributed by atoms with van der Waals surface area (Å²) in [5, 5.41) is 7.32. The Balaban J connectivity index is 1.68. The van der Waals surface area contributed by atoms with E-state index in [-0.39, 0.29) is 5.82 Å². The Kier molecular flexibility index (Phi) is 3.75. The summed E-state index contributed by atoms with van der Waals surface area (Å²) < 4.78 is 18.1. The molecule has 1 aliphatic heterocycles. The lowest BCUT2D eigenvalue weighted by Crippen LogP contribution is -2.33. The van der Waals surface area contributed by atoms with Crippen LogP contribution in [0.2, 0.25) is 0 Å². The van der Waals surface area contributed by atoms with Crippen molar-refractivity contribution in [3.8, 4) is 11.5 Å². The van der Waals surface area contributed by atoms with Crippen LogP contribution in [0.15, 0.2) is 28.8 Å². The predicted octanol–water partition coefficient (Wildman–Crippen LogP) is 1.67. The highest BCUT2D eigenvalue weighted by Crippen LogP contribution is 2.18. The van der Waals surface area contributed by atoms with Gasteiger partial charge in [0.25, 0.3) is 5.89 Å². The van der Waals surface area contributed by atoms with Gasteiger partial charge in [0, 0.05) is 18.2 Å². The molecule has 1 atom stereocenters. The Morgan fingerprint density at radius 3 is 2.90 bits per heavy atom. The molecule has 0 aliphatic carbocycles. The van der Waals surface area contributed by atoms with Crippen molar-refractivity contribution in [2.45, 2.75) is 19.0 Å². The van der Waals surface area contributed by atoms with E-state index in [2.05, 4.69) is 27.4 Å². The standard InChI is InChI=1S/C14H17FN4O/c1-19(12-6-7-16-8-12)9-13-17-14(20-18-13)10-2-4-11(15)5-3-10/h2-5,12,16H,6-9H2,1H3. The van der Waals surface area contributed by atoms with Gasteiger partial charge < -0.3 is 9.84 Å². The summed E-state index contributed by atoms with van der Waals surface area (Å²) >= 11 is 0. The largest absolute Gasteiger partial charge is 0.334 e. The summed E-state index contributed by atoms with van der Waals surface area (Å²) in [5.74, 6) is 0.804. The highest BCUT2D eigenvalue weighted by Gasteiger charge is 2.20. The smallest absolute Gasteiger partial charge is 0.257 e. The molecule has 0 amide bonds.